The summed E-state index contributed by atoms with van der Waals surface area (Å²) in [5.74, 6) is 0.929. The predicted octanol–water partition coefficient (Wildman–Crippen LogP) is 2.26. The number of piperazine rings is 1. The molecule has 136 valence electrons. The lowest BCUT2D eigenvalue weighted by molar-refractivity contribution is -0.138. The average molecular weight is 354 g/mol. The third-order valence-electron chi connectivity index (χ3n) is 4.32. The van der Waals surface area contributed by atoms with Gasteiger partial charge in [-0.3, -0.25) is 9.59 Å². The average Bonchev–Trinajstić information content (AvgIpc) is 2.67. The van der Waals surface area contributed by atoms with Crippen molar-refractivity contribution in [3.8, 4) is 11.5 Å². The second-order valence-corrected chi connectivity index (χ2v) is 6.16. The van der Waals surface area contributed by atoms with Gasteiger partial charge in [-0.15, -0.1) is 0 Å². The van der Waals surface area contributed by atoms with Crippen molar-refractivity contribution in [1.29, 1.82) is 0 Å². The Bertz CT molecular complexity index is 789. The lowest BCUT2D eigenvalue weighted by atomic mass is 10.2. The van der Waals surface area contributed by atoms with Gasteiger partial charge in [0.25, 0.3) is 5.91 Å². The second kappa shape index (κ2) is 7.91. The first-order valence-corrected chi connectivity index (χ1v) is 8.48. The minimum Gasteiger partial charge on any atom is -0.497 e. The van der Waals surface area contributed by atoms with Crippen LogP contribution in [0.4, 0.5) is 5.69 Å². The zero-order chi connectivity index (χ0) is 18.5. The second-order valence-electron chi connectivity index (χ2n) is 6.16. The minimum absolute atomic E-state index is 0.0637. The number of carbonyl (C=O) groups excluding carboxylic acids is 2. The van der Waals surface area contributed by atoms with Gasteiger partial charge in [-0.2, -0.15) is 0 Å². The maximum atomic E-state index is 12.4. The molecule has 6 nitrogen and oxygen atoms in total. The zero-order valence-corrected chi connectivity index (χ0v) is 15.0. The Morgan fingerprint density at radius 1 is 1.08 bits per heavy atom. The van der Waals surface area contributed by atoms with Crippen LogP contribution < -0.4 is 14.4 Å². The summed E-state index contributed by atoms with van der Waals surface area (Å²) in [6.07, 6.45) is 0. The number of hydrogen-bond donors (Lipinski definition) is 0. The molecule has 2 aromatic carbocycles. The molecule has 1 aliphatic rings. The molecular weight excluding hydrogens is 332 g/mol. The molecule has 0 aromatic heterocycles. The quantitative estimate of drug-likeness (QED) is 0.826. The number of ether oxygens (including phenoxy) is 2. The monoisotopic (exact) mass is 354 g/mol. The highest BCUT2D eigenvalue weighted by Crippen LogP contribution is 2.20. The SMILES string of the molecule is COc1cccc(OCC(=O)N2CCN(c3ccc(C)cc3)C(=O)C2)c1. The van der Waals surface area contributed by atoms with Crippen molar-refractivity contribution in [2.24, 2.45) is 0 Å². The van der Waals surface area contributed by atoms with E-state index in [2.05, 4.69) is 0 Å². The number of anilines is 1. The summed E-state index contributed by atoms with van der Waals surface area (Å²) in [5.41, 5.74) is 2.00. The van der Waals surface area contributed by atoms with Gasteiger partial charge in [-0.1, -0.05) is 23.8 Å². The van der Waals surface area contributed by atoms with Crippen molar-refractivity contribution in [2.75, 3.05) is 38.3 Å². The largest absolute Gasteiger partial charge is 0.497 e. The number of carbonyl (C=O) groups is 2. The van der Waals surface area contributed by atoms with Crippen LogP contribution in [0, 0.1) is 6.92 Å². The van der Waals surface area contributed by atoms with Gasteiger partial charge in [0.2, 0.25) is 5.91 Å². The minimum atomic E-state index is -0.204. The van der Waals surface area contributed by atoms with E-state index in [1.807, 2.05) is 31.2 Å². The molecule has 0 spiro atoms. The molecule has 0 aliphatic carbocycles. The van der Waals surface area contributed by atoms with Crippen molar-refractivity contribution in [1.82, 2.24) is 4.90 Å². The third-order valence-corrected chi connectivity index (χ3v) is 4.32. The van der Waals surface area contributed by atoms with Crippen LogP contribution in [0.25, 0.3) is 0 Å². The number of hydrogen-bond acceptors (Lipinski definition) is 4. The lowest BCUT2D eigenvalue weighted by Crippen LogP contribution is -2.53. The molecule has 0 atom stereocenters. The number of nitrogens with zero attached hydrogens (tertiary/aromatic N) is 2. The van der Waals surface area contributed by atoms with Gasteiger partial charge in [0.15, 0.2) is 6.61 Å². The molecule has 2 aromatic rings. The number of aryl methyl sites for hydroxylation is 1. The summed E-state index contributed by atoms with van der Waals surface area (Å²) in [7, 11) is 1.57. The van der Waals surface area contributed by atoms with E-state index in [9.17, 15) is 9.59 Å². The standard InChI is InChI=1S/C20H22N2O4/c1-15-6-8-16(9-7-15)22-11-10-21(13-19(22)23)20(24)14-26-18-5-3-4-17(12-18)25-2/h3-9,12H,10-11,13-14H2,1-2H3. The van der Waals surface area contributed by atoms with Crippen LogP contribution in [0.5, 0.6) is 11.5 Å². The van der Waals surface area contributed by atoms with E-state index in [-0.39, 0.29) is 25.0 Å². The summed E-state index contributed by atoms with van der Waals surface area (Å²) in [4.78, 5) is 28.0. The Kier molecular flexibility index (Phi) is 5.41. The van der Waals surface area contributed by atoms with E-state index >= 15 is 0 Å². The third kappa shape index (κ3) is 4.14. The smallest absolute Gasteiger partial charge is 0.261 e. The highest BCUT2D eigenvalue weighted by molar-refractivity contribution is 5.98. The van der Waals surface area contributed by atoms with Crippen molar-refractivity contribution in [2.45, 2.75) is 6.92 Å². The fourth-order valence-electron chi connectivity index (χ4n) is 2.81. The molecule has 1 fully saturated rings. The first-order chi connectivity index (χ1) is 12.6. The highest BCUT2D eigenvalue weighted by Gasteiger charge is 2.28. The normalized spacial score (nSPS) is 14.3. The molecule has 0 unspecified atom stereocenters. The van der Waals surface area contributed by atoms with Gasteiger partial charge in [0.05, 0.1) is 7.11 Å². The summed E-state index contributed by atoms with van der Waals surface area (Å²) in [6.45, 7) is 2.93. The Hall–Kier alpha value is -3.02. The molecule has 1 saturated heterocycles. The van der Waals surface area contributed by atoms with Gasteiger partial charge in [-0.05, 0) is 31.2 Å². The van der Waals surface area contributed by atoms with Crippen LogP contribution in [0.15, 0.2) is 48.5 Å². The molecule has 6 heteroatoms. The molecule has 26 heavy (non-hydrogen) atoms. The maximum Gasteiger partial charge on any atom is 0.261 e. The Labute approximate surface area is 152 Å². The molecule has 0 saturated carbocycles. The Balaban J connectivity index is 1.55. The number of methoxy groups -OCH3 is 1. The summed E-state index contributed by atoms with van der Waals surface area (Å²) in [5, 5.41) is 0. The highest BCUT2D eigenvalue weighted by atomic mass is 16.5. The van der Waals surface area contributed by atoms with E-state index in [0.29, 0.717) is 24.6 Å². The molecule has 1 aliphatic heterocycles. The zero-order valence-electron chi connectivity index (χ0n) is 15.0. The van der Waals surface area contributed by atoms with E-state index in [0.717, 1.165) is 11.3 Å². The van der Waals surface area contributed by atoms with Crippen LogP contribution in [-0.2, 0) is 9.59 Å². The van der Waals surface area contributed by atoms with Crippen LogP contribution >= 0.6 is 0 Å². The maximum absolute atomic E-state index is 12.4. The summed E-state index contributed by atoms with van der Waals surface area (Å²) >= 11 is 0. The van der Waals surface area contributed by atoms with Crippen LogP contribution in [0.2, 0.25) is 0 Å². The first kappa shape index (κ1) is 17.8. The molecule has 2 amide bonds. The summed E-state index contributed by atoms with van der Waals surface area (Å²) in [6, 6.07) is 14.9. The topological polar surface area (TPSA) is 59.1 Å². The molecule has 1 heterocycles. The van der Waals surface area contributed by atoms with E-state index in [1.54, 1.807) is 36.3 Å². The molecular formula is C20H22N2O4. The predicted molar refractivity (Wildman–Crippen MR) is 98.6 cm³/mol. The number of benzene rings is 2. The number of amides is 2. The van der Waals surface area contributed by atoms with Gasteiger partial charge < -0.3 is 19.3 Å². The van der Waals surface area contributed by atoms with Crippen molar-refractivity contribution in [3.05, 3.63) is 54.1 Å². The Morgan fingerprint density at radius 2 is 1.81 bits per heavy atom. The van der Waals surface area contributed by atoms with Gasteiger partial charge in [0, 0.05) is 24.8 Å². The van der Waals surface area contributed by atoms with Gasteiger partial charge in [0.1, 0.15) is 18.0 Å². The van der Waals surface area contributed by atoms with Crippen LogP contribution in [0.1, 0.15) is 5.56 Å². The molecule has 0 radical (unpaired) electrons. The van der Waals surface area contributed by atoms with E-state index < -0.39 is 0 Å². The fourth-order valence-corrected chi connectivity index (χ4v) is 2.81. The van der Waals surface area contributed by atoms with Crippen molar-refractivity contribution >= 4 is 17.5 Å². The molecule has 0 bridgehead atoms. The first-order valence-electron chi connectivity index (χ1n) is 8.48. The van der Waals surface area contributed by atoms with Crippen LogP contribution in [-0.4, -0.2) is 50.1 Å². The summed E-state index contributed by atoms with van der Waals surface area (Å²) < 4.78 is 10.7. The van der Waals surface area contributed by atoms with E-state index in [4.69, 9.17) is 9.47 Å². The molecule has 3 rings (SSSR count). The van der Waals surface area contributed by atoms with Crippen LogP contribution in [0.3, 0.4) is 0 Å². The van der Waals surface area contributed by atoms with Gasteiger partial charge in [-0.25, -0.2) is 0 Å². The fraction of sp³-hybridized carbons (Fsp3) is 0.300. The Morgan fingerprint density at radius 3 is 2.50 bits per heavy atom. The number of rotatable bonds is 5. The molecule has 0 N–H and O–H groups in total. The van der Waals surface area contributed by atoms with Gasteiger partial charge >= 0.3 is 0 Å². The van der Waals surface area contributed by atoms with E-state index in [1.165, 1.54) is 4.90 Å². The van der Waals surface area contributed by atoms with Crippen molar-refractivity contribution in [3.63, 3.8) is 0 Å². The van der Waals surface area contributed by atoms with Crippen molar-refractivity contribution < 1.29 is 19.1 Å². The lowest BCUT2D eigenvalue weighted by Gasteiger charge is -2.34.